The quantitative estimate of drug-likeness (QED) is 0.788. The molecule has 2 aromatic rings. The van der Waals surface area contributed by atoms with E-state index in [0.29, 0.717) is 26.9 Å². The molecule has 0 unspecified atom stereocenters. The second-order valence-electron chi connectivity index (χ2n) is 3.64. The van der Waals surface area contributed by atoms with Crippen molar-refractivity contribution < 1.29 is 15.3 Å². The molecule has 5 heteroatoms. The van der Waals surface area contributed by atoms with Gasteiger partial charge < -0.3 is 15.3 Å². The molecule has 2 rings (SSSR count). The van der Waals surface area contributed by atoms with E-state index in [-0.39, 0.29) is 24.0 Å². The second kappa shape index (κ2) is 4.70. The van der Waals surface area contributed by atoms with E-state index in [2.05, 4.69) is 0 Å². The number of rotatable bonds is 2. The van der Waals surface area contributed by atoms with Crippen molar-refractivity contribution in [3.8, 4) is 5.75 Å². The van der Waals surface area contributed by atoms with Gasteiger partial charge in [0.2, 0.25) is 0 Å². The van der Waals surface area contributed by atoms with E-state index < -0.39 is 0 Å². The average Bonchev–Trinajstić information content (AvgIpc) is 2.33. The van der Waals surface area contributed by atoms with E-state index in [1.54, 1.807) is 12.1 Å². The van der Waals surface area contributed by atoms with Gasteiger partial charge in [0, 0.05) is 5.39 Å². The molecule has 0 saturated carbocycles. The second-order valence-corrected chi connectivity index (χ2v) is 4.43. The highest BCUT2D eigenvalue weighted by Crippen LogP contribution is 2.40. The van der Waals surface area contributed by atoms with Gasteiger partial charge in [-0.25, -0.2) is 0 Å². The maximum absolute atomic E-state index is 9.65. The Morgan fingerprint density at radius 2 is 1.59 bits per heavy atom. The summed E-state index contributed by atoms with van der Waals surface area (Å²) in [5, 5.41) is 29.7. The van der Waals surface area contributed by atoms with Crippen LogP contribution < -0.4 is 0 Å². The van der Waals surface area contributed by atoms with Crippen LogP contribution in [0.2, 0.25) is 10.0 Å². The van der Waals surface area contributed by atoms with Crippen LogP contribution in [0.15, 0.2) is 18.2 Å². The third-order valence-electron chi connectivity index (χ3n) is 2.66. The summed E-state index contributed by atoms with van der Waals surface area (Å²) in [5.74, 6) is -0.139. The maximum atomic E-state index is 9.65. The first kappa shape index (κ1) is 12.5. The Hall–Kier alpha value is -1.00. The molecule has 0 amide bonds. The van der Waals surface area contributed by atoms with Gasteiger partial charge in [-0.05, 0) is 28.6 Å². The summed E-state index contributed by atoms with van der Waals surface area (Å²) < 4.78 is 0. The predicted molar refractivity (Wildman–Crippen MR) is 67.5 cm³/mol. The van der Waals surface area contributed by atoms with Gasteiger partial charge in [0.05, 0.1) is 23.3 Å². The van der Waals surface area contributed by atoms with Crippen molar-refractivity contribution in [3.05, 3.63) is 39.4 Å². The van der Waals surface area contributed by atoms with Crippen molar-refractivity contribution in [2.24, 2.45) is 0 Å². The number of aliphatic hydroxyl groups is 2. The minimum absolute atomic E-state index is 0.123. The van der Waals surface area contributed by atoms with Crippen molar-refractivity contribution in [2.45, 2.75) is 13.2 Å². The number of fused-ring (bicyclic) bond motifs is 1. The SMILES string of the molecule is OCc1ccc(Cl)c2c(Cl)c(O)cc(CO)c12. The first-order chi connectivity index (χ1) is 8.10. The zero-order chi connectivity index (χ0) is 12.6. The van der Waals surface area contributed by atoms with Gasteiger partial charge in [-0.1, -0.05) is 29.3 Å². The Morgan fingerprint density at radius 1 is 0.941 bits per heavy atom. The molecule has 0 fully saturated rings. The highest BCUT2D eigenvalue weighted by atomic mass is 35.5. The molecule has 0 spiro atoms. The van der Waals surface area contributed by atoms with Gasteiger partial charge in [-0.15, -0.1) is 0 Å². The van der Waals surface area contributed by atoms with Crippen molar-refractivity contribution in [2.75, 3.05) is 0 Å². The molecular weight excluding hydrogens is 263 g/mol. The first-order valence-corrected chi connectivity index (χ1v) is 5.69. The third kappa shape index (κ3) is 1.96. The van der Waals surface area contributed by atoms with Gasteiger partial charge >= 0.3 is 0 Å². The Balaban J connectivity index is 3.01. The molecule has 17 heavy (non-hydrogen) atoms. The Kier molecular flexibility index (Phi) is 3.45. The number of aromatic hydroxyl groups is 1. The van der Waals surface area contributed by atoms with E-state index in [0.717, 1.165) is 0 Å². The molecule has 0 aliphatic heterocycles. The zero-order valence-electron chi connectivity index (χ0n) is 8.74. The summed E-state index contributed by atoms with van der Waals surface area (Å²) in [6.45, 7) is -0.462. The summed E-state index contributed by atoms with van der Waals surface area (Å²) >= 11 is 12.0. The van der Waals surface area contributed by atoms with Crippen molar-refractivity contribution in [1.29, 1.82) is 0 Å². The van der Waals surface area contributed by atoms with Crippen LogP contribution in [0.25, 0.3) is 10.8 Å². The Bertz CT molecular complexity index is 582. The summed E-state index contributed by atoms with van der Waals surface area (Å²) in [6, 6.07) is 4.64. The van der Waals surface area contributed by atoms with E-state index in [9.17, 15) is 15.3 Å². The van der Waals surface area contributed by atoms with Crippen LogP contribution in [0.3, 0.4) is 0 Å². The normalized spacial score (nSPS) is 11.1. The van der Waals surface area contributed by atoms with Crippen LogP contribution in [-0.2, 0) is 13.2 Å². The minimum atomic E-state index is -0.269. The maximum Gasteiger partial charge on any atom is 0.135 e. The molecular formula is C12H10Cl2O3. The lowest BCUT2D eigenvalue weighted by Gasteiger charge is -2.13. The fourth-order valence-corrected chi connectivity index (χ4v) is 2.44. The molecule has 0 aromatic heterocycles. The van der Waals surface area contributed by atoms with Gasteiger partial charge in [0.15, 0.2) is 0 Å². The molecule has 0 heterocycles. The smallest absolute Gasteiger partial charge is 0.135 e. The number of benzene rings is 2. The number of halogens is 2. The summed E-state index contributed by atoms with van der Waals surface area (Å²) in [5.41, 5.74) is 1.09. The minimum Gasteiger partial charge on any atom is -0.506 e. The lowest BCUT2D eigenvalue weighted by atomic mass is 9.99. The van der Waals surface area contributed by atoms with E-state index in [4.69, 9.17) is 23.2 Å². The number of phenolic OH excluding ortho intramolecular Hbond substituents is 1. The Morgan fingerprint density at radius 3 is 2.18 bits per heavy atom. The average molecular weight is 273 g/mol. The highest BCUT2D eigenvalue weighted by Gasteiger charge is 2.15. The monoisotopic (exact) mass is 272 g/mol. The molecule has 0 atom stereocenters. The standard InChI is InChI=1S/C12H10Cl2O3/c13-8-2-1-6(4-15)10-7(5-16)3-9(17)12(14)11(8)10/h1-3,15-17H,4-5H2. The Labute approximate surface area is 108 Å². The highest BCUT2D eigenvalue weighted by molar-refractivity contribution is 6.43. The van der Waals surface area contributed by atoms with Crippen LogP contribution in [-0.4, -0.2) is 15.3 Å². The van der Waals surface area contributed by atoms with Crippen molar-refractivity contribution >= 4 is 34.0 Å². The van der Waals surface area contributed by atoms with E-state index in [1.807, 2.05) is 0 Å². The summed E-state index contributed by atoms with van der Waals surface area (Å²) in [4.78, 5) is 0. The summed E-state index contributed by atoms with van der Waals surface area (Å²) in [7, 11) is 0. The van der Waals surface area contributed by atoms with Crippen LogP contribution in [0.1, 0.15) is 11.1 Å². The topological polar surface area (TPSA) is 60.7 Å². The third-order valence-corrected chi connectivity index (χ3v) is 3.36. The molecule has 0 aliphatic carbocycles. The number of hydrogen-bond donors (Lipinski definition) is 3. The molecule has 0 bridgehead atoms. The number of aliphatic hydroxyl groups excluding tert-OH is 2. The van der Waals surface area contributed by atoms with E-state index in [1.165, 1.54) is 6.07 Å². The fourth-order valence-electron chi connectivity index (χ4n) is 1.89. The number of phenols is 1. The molecule has 0 aliphatic rings. The number of hydrogen-bond acceptors (Lipinski definition) is 3. The van der Waals surface area contributed by atoms with Gasteiger partial charge in [0.25, 0.3) is 0 Å². The van der Waals surface area contributed by atoms with Gasteiger partial charge in [-0.3, -0.25) is 0 Å². The lowest BCUT2D eigenvalue weighted by molar-refractivity contribution is 0.278. The molecule has 3 nitrogen and oxygen atoms in total. The van der Waals surface area contributed by atoms with Crippen LogP contribution in [0.4, 0.5) is 0 Å². The fraction of sp³-hybridized carbons (Fsp3) is 0.167. The van der Waals surface area contributed by atoms with Crippen LogP contribution in [0, 0.1) is 0 Å². The van der Waals surface area contributed by atoms with E-state index >= 15 is 0 Å². The van der Waals surface area contributed by atoms with Gasteiger partial charge in [0.1, 0.15) is 5.75 Å². The van der Waals surface area contributed by atoms with Crippen molar-refractivity contribution in [3.63, 3.8) is 0 Å². The van der Waals surface area contributed by atoms with Gasteiger partial charge in [-0.2, -0.15) is 0 Å². The van der Waals surface area contributed by atoms with Crippen LogP contribution in [0.5, 0.6) is 5.75 Å². The molecule has 2 aromatic carbocycles. The lowest BCUT2D eigenvalue weighted by Crippen LogP contribution is -1.94. The molecule has 90 valence electrons. The molecule has 3 N–H and O–H groups in total. The van der Waals surface area contributed by atoms with Crippen LogP contribution >= 0.6 is 23.2 Å². The zero-order valence-corrected chi connectivity index (χ0v) is 10.3. The first-order valence-electron chi connectivity index (χ1n) is 4.93. The molecule has 0 radical (unpaired) electrons. The largest absolute Gasteiger partial charge is 0.506 e. The summed E-state index contributed by atoms with van der Waals surface area (Å²) in [6.07, 6.45) is 0. The predicted octanol–water partition coefficient (Wildman–Crippen LogP) is 2.84. The molecule has 0 saturated heterocycles. The van der Waals surface area contributed by atoms with Crippen molar-refractivity contribution in [1.82, 2.24) is 0 Å².